The number of ether oxygens (including phenoxy) is 3. The van der Waals surface area contributed by atoms with Crippen molar-refractivity contribution in [2.45, 2.75) is 116 Å². The molecule has 0 bridgehead atoms. The summed E-state index contributed by atoms with van der Waals surface area (Å²) >= 11 is 6.99. The summed E-state index contributed by atoms with van der Waals surface area (Å²) in [6.07, 6.45) is 1.80. The predicted molar refractivity (Wildman–Crippen MR) is 196 cm³/mol. The summed E-state index contributed by atoms with van der Waals surface area (Å²) in [5.74, 6) is -5.55. The van der Waals surface area contributed by atoms with Gasteiger partial charge in [0.1, 0.15) is 17.2 Å². The van der Waals surface area contributed by atoms with Crippen molar-refractivity contribution >= 4 is 40.7 Å². The number of hydrogen-bond donors (Lipinski definition) is 3. The fourth-order valence-corrected chi connectivity index (χ4v) is 6.68. The summed E-state index contributed by atoms with van der Waals surface area (Å²) in [5, 5.41) is 4.21. The number of Topliss-reactive ketones (excluding diaryl/α,β-unsaturated/α-hetero) is 2. The van der Waals surface area contributed by atoms with E-state index >= 15 is 0 Å². The Kier molecular flexibility index (Phi) is 12.8. The topological polar surface area (TPSA) is 146 Å². The van der Waals surface area contributed by atoms with Crippen LogP contribution < -0.4 is 21.1 Å². The van der Waals surface area contributed by atoms with Gasteiger partial charge in [-0.05, 0) is 53.0 Å². The number of carbonyl (C=O) groups excluding carboxylic acids is 4. The number of halogens is 1. The Hall–Kier alpha value is -3.31. The summed E-state index contributed by atoms with van der Waals surface area (Å²) in [4.78, 5) is 54.3. The lowest BCUT2D eigenvalue weighted by atomic mass is 9.68. The lowest BCUT2D eigenvalue weighted by Gasteiger charge is -2.40. The van der Waals surface area contributed by atoms with E-state index in [9.17, 15) is 19.2 Å². The van der Waals surface area contributed by atoms with Gasteiger partial charge in [0.15, 0.2) is 5.78 Å². The highest BCUT2D eigenvalue weighted by Gasteiger charge is 2.65. The van der Waals surface area contributed by atoms with Gasteiger partial charge >= 0.3 is 5.91 Å². The maximum Gasteiger partial charge on any atom is 0.314 e. The number of nitrogens with two attached hydrogens (primary N) is 1. The van der Waals surface area contributed by atoms with E-state index in [0.29, 0.717) is 11.4 Å². The van der Waals surface area contributed by atoms with Crippen LogP contribution in [-0.2, 0) is 45.9 Å². The average molecular weight is 714 g/mol. The highest BCUT2D eigenvalue weighted by Crippen LogP contribution is 2.42. The van der Waals surface area contributed by atoms with Gasteiger partial charge in [-0.1, -0.05) is 86.6 Å². The molecule has 4 N–H and O–H groups in total. The first-order valence-electron chi connectivity index (χ1n) is 17.2. The Balaban J connectivity index is 2.03. The number of rotatable bonds is 16. The minimum Gasteiger partial charge on any atom is -0.493 e. The molecule has 50 heavy (non-hydrogen) atoms. The molecular formula is C39H56ClN3O7. The number of para-hydroxylation sites is 1. The third kappa shape index (κ3) is 8.25. The minimum absolute atomic E-state index is 0.00569. The van der Waals surface area contributed by atoms with E-state index in [1.165, 1.54) is 14.2 Å². The number of amides is 2. The second kappa shape index (κ2) is 15.5. The Bertz CT molecular complexity index is 1560. The lowest BCUT2D eigenvalue weighted by Crippen LogP contribution is -2.67. The molecule has 3 rings (SSSR count). The maximum atomic E-state index is 14.0. The number of alkyl halides is 1. The SMILES string of the molecule is CCC(C)(C)c1cc(C(C)(C)CC)c(OCCC(Cl)C(N)(C(=O)C(C)(C)C)C2C(=O)NC(OC)(OC)C2=O)cc1CC(=O)Nc1ccccc1. The van der Waals surface area contributed by atoms with Gasteiger partial charge in [-0.25, -0.2) is 0 Å². The molecule has 0 saturated carbocycles. The van der Waals surface area contributed by atoms with Crippen LogP contribution in [-0.4, -0.2) is 61.0 Å². The van der Waals surface area contributed by atoms with Gasteiger partial charge in [-0.15, -0.1) is 11.6 Å². The molecule has 0 spiro atoms. The summed E-state index contributed by atoms with van der Waals surface area (Å²) in [5.41, 5.74) is 6.70. The summed E-state index contributed by atoms with van der Waals surface area (Å²) in [6.45, 7) is 17.8. The molecule has 0 aromatic heterocycles. The largest absolute Gasteiger partial charge is 0.493 e. The summed E-state index contributed by atoms with van der Waals surface area (Å²) in [7, 11) is 2.42. The Morgan fingerprint density at radius 1 is 0.940 bits per heavy atom. The van der Waals surface area contributed by atoms with E-state index in [1.807, 2.05) is 36.4 Å². The van der Waals surface area contributed by atoms with Gasteiger partial charge in [0.2, 0.25) is 17.6 Å². The summed E-state index contributed by atoms with van der Waals surface area (Å²) < 4.78 is 17.0. The second-order valence-electron chi connectivity index (χ2n) is 15.5. The normalized spacial score (nSPS) is 18.3. The molecule has 1 aliphatic heterocycles. The predicted octanol–water partition coefficient (Wildman–Crippen LogP) is 6.19. The number of carbonyl (C=O) groups is 4. The van der Waals surface area contributed by atoms with E-state index in [4.69, 9.17) is 31.5 Å². The van der Waals surface area contributed by atoms with Gasteiger partial charge in [0, 0.05) is 37.3 Å². The zero-order valence-electron chi connectivity index (χ0n) is 31.5. The van der Waals surface area contributed by atoms with Crippen molar-refractivity contribution in [2.75, 3.05) is 26.1 Å². The smallest absolute Gasteiger partial charge is 0.314 e. The van der Waals surface area contributed by atoms with Gasteiger partial charge in [0.05, 0.1) is 18.4 Å². The molecule has 11 heteroatoms. The highest BCUT2D eigenvalue weighted by atomic mass is 35.5. The van der Waals surface area contributed by atoms with Crippen molar-refractivity contribution in [3.8, 4) is 5.75 Å². The van der Waals surface area contributed by atoms with Gasteiger partial charge < -0.3 is 25.3 Å². The fourth-order valence-electron chi connectivity index (χ4n) is 6.37. The highest BCUT2D eigenvalue weighted by molar-refractivity contribution is 6.27. The van der Waals surface area contributed by atoms with Crippen LogP contribution in [0.1, 0.15) is 98.3 Å². The number of anilines is 1. The van der Waals surface area contributed by atoms with E-state index in [0.717, 1.165) is 29.5 Å². The quantitative estimate of drug-likeness (QED) is 0.106. The molecule has 1 aliphatic rings. The molecule has 2 aromatic rings. The molecule has 0 radical (unpaired) electrons. The van der Waals surface area contributed by atoms with Crippen LogP contribution in [0.3, 0.4) is 0 Å². The van der Waals surface area contributed by atoms with Crippen LogP contribution in [0, 0.1) is 11.3 Å². The van der Waals surface area contributed by atoms with Crippen molar-refractivity contribution in [3.63, 3.8) is 0 Å². The molecule has 1 heterocycles. The van der Waals surface area contributed by atoms with Crippen LogP contribution in [0.25, 0.3) is 0 Å². The fraction of sp³-hybridized carbons (Fsp3) is 0.590. The average Bonchev–Trinajstić information content (AvgIpc) is 3.32. The molecule has 3 unspecified atom stereocenters. The molecule has 1 fully saturated rings. The van der Waals surface area contributed by atoms with Crippen molar-refractivity contribution in [1.82, 2.24) is 5.32 Å². The Labute approximate surface area is 302 Å². The molecule has 10 nitrogen and oxygen atoms in total. The van der Waals surface area contributed by atoms with Crippen LogP contribution in [0.4, 0.5) is 5.69 Å². The van der Waals surface area contributed by atoms with Crippen molar-refractivity contribution < 1.29 is 33.4 Å². The van der Waals surface area contributed by atoms with E-state index in [-0.39, 0.29) is 36.2 Å². The molecule has 2 amide bonds. The third-order valence-electron chi connectivity index (χ3n) is 10.3. The number of benzene rings is 2. The monoisotopic (exact) mass is 713 g/mol. The standard InChI is InChI=1S/C39H56ClN3O7/c1-12-36(6,7)26-23-27(37(8,9)13-2)28(21-24(26)22-30(44)42-25-17-15-14-16-18-25)50-20-19-29(40)38(41,34(47)35(3,4)5)31-32(45)39(48-10,49-11)43-33(31)46/h14-18,21,23,29,31H,12-13,19-20,22,41H2,1-11H3,(H,42,44)(H,43,46). The van der Waals surface area contributed by atoms with Gasteiger partial charge in [0.25, 0.3) is 0 Å². The molecule has 1 saturated heterocycles. The first-order chi connectivity index (χ1) is 23.1. The first-order valence-corrected chi connectivity index (χ1v) is 17.7. The lowest BCUT2D eigenvalue weighted by molar-refractivity contribution is -0.213. The van der Waals surface area contributed by atoms with E-state index < -0.39 is 45.6 Å². The zero-order valence-corrected chi connectivity index (χ0v) is 32.3. The maximum absolute atomic E-state index is 14.0. The Morgan fingerprint density at radius 3 is 2.00 bits per heavy atom. The molecule has 0 aliphatic carbocycles. The van der Waals surface area contributed by atoms with Crippen LogP contribution in [0.5, 0.6) is 5.75 Å². The van der Waals surface area contributed by atoms with Crippen molar-refractivity contribution in [2.24, 2.45) is 17.1 Å². The van der Waals surface area contributed by atoms with Crippen LogP contribution >= 0.6 is 11.6 Å². The Morgan fingerprint density at radius 2 is 1.50 bits per heavy atom. The third-order valence-corrected chi connectivity index (χ3v) is 10.8. The molecular weight excluding hydrogens is 658 g/mol. The molecule has 276 valence electrons. The number of methoxy groups -OCH3 is 2. The second-order valence-corrected chi connectivity index (χ2v) is 16.0. The van der Waals surface area contributed by atoms with Crippen molar-refractivity contribution in [1.29, 1.82) is 0 Å². The zero-order chi connectivity index (χ0) is 37.9. The minimum atomic E-state index is -2.12. The number of hydrogen-bond acceptors (Lipinski definition) is 8. The first kappa shape index (κ1) is 41.1. The van der Waals surface area contributed by atoms with Gasteiger partial charge in [-0.3, -0.25) is 24.5 Å². The van der Waals surface area contributed by atoms with Gasteiger partial charge in [-0.2, -0.15) is 0 Å². The van der Waals surface area contributed by atoms with E-state index in [1.54, 1.807) is 20.8 Å². The van der Waals surface area contributed by atoms with Crippen molar-refractivity contribution in [3.05, 3.63) is 59.2 Å². The van der Waals surface area contributed by atoms with Crippen LogP contribution in [0.2, 0.25) is 0 Å². The number of nitrogens with one attached hydrogen (secondary N) is 2. The molecule has 3 atom stereocenters. The summed E-state index contributed by atoms with van der Waals surface area (Å²) in [6, 6.07) is 13.4. The number of ketones is 2. The molecule has 2 aromatic carbocycles. The van der Waals surface area contributed by atoms with E-state index in [2.05, 4.69) is 58.2 Å². The van der Waals surface area contributed by atoms with Crippen LogP contribution in [0.15, 0.2) is 42.5 Å².